The Labute approximate surface area is 131 Å². The van der Waals surface area contributed by atoms with E-state index in [4.69, 9.17) is 11.6 Å². The van der Waals surface area contributed by atoms with E-state index >= 15 is 0 Å². The largest absolute Gasteiger partial charge is 0.351 e. The average Bonchev–Trinajstić information content (AvgIpc) is 2.35. The highest BCUT2D eigenvalue weighted by Crippen LogP contribution is 2.19. The van der Waals surface area contributed by atoms with Crippen LogP contribution in [0.4, 0.5) is 0 Å². The second-order valence-corrected chi connectivity index (χ2v) is 7.01. The summed E-state index contributed by atoms with van der Waals surface area (Å²) < 4.78 is 0. The number of carbonyl (C=O) groups excluding carboxylic acids is 2. The van der Waals surface area contributed by atoms with Crippen LogP contribution in [0.3, 0.4) is 0 Å². The molecule has 0 unspecified atom stereocenters. The Morgan fingerprint density at radius 1 is 1.05 bits per heavy atom. The Morgan fingerprint density at radius 3 is 2.14 bits per heavy atom. The molecule has 0 aliphatic heterocycles. The molecule has 0 radical (unpaired) electrons. The van der Waals surface area contributed by atoms with Gasteiger partial charge in [-0.05, 0) is 46.2 Å². The summed E-state index contributed by atoms with van der Waals surface area (Å²) in [6, 6.07) is 7.28. The third-order valence-corrected chi connectivity index (χ3v) is 3.39. The van der Waals surface area contributed by atoms with Crippen LogP contribution in [0, 0.1) is 5.41 Å². The fourth-order valence-electron chi connectivity index (χ4n) is 1.64. The summed E-state index contributed by atoms with van der Waals surface area (Å²) in [4.78, 5) is 24.5. The topological polar surface area (TPSA) is 58.2 Å². The van der Waals surface area contributed by atoms with Gasteiger partial charge in [-0.3, -0.25) is 9.59 Å². The number of rotatable bonds is 4. The molecule has 0 saturated heterocycles. The minimum Gasteiger partial charge on any atom is -0.351 e. The molecule has 0 spiro atoms. The minimum atomic E-state index is -1.14. The molecule has 1 rings (SSSR count). The molecule has 0 atom stereocenters. The van der Waals surface area contributed by atoms with Crippen molar-refractivity contribution in [1.29, 1.82) is 0 Å². The smallest absolute Gasteiger partial charge is 0.235 e. The van der Waals surface area contributed by atoms with Crippen molar-refractivity contribution in [3.8, 4) is 0 Å². The first-order valence-corrected chi connectivity index (χ1v) is 7.26. The van der Waals surface area contributed by atoms with E-state index in [0.717, 1.165) is 5.56 Å². The third kappa shape index (κ3) is 5.05. The number of nitrogens with one attached hydrogen (secondary N) is 2. The third-order valence-electron chi connectivity index (χ3n) is 3.02. The highest BCUT2D eigenvalue weighted by molar-refractivity contribution is 6.31. The first kappa shape index (κ1) is 17.5. The number of amides is 2. The SMILES string of the molecule is CC(C)(C)NC(=O)C(C)(C)C(=O)NCc1ccccc1Cl. The number of carbonyl (C=O) groups is 2. The van der Waals surface area contributed by atoms with Crippen LogP contribution < -0.4 is 10.6 Å². The summed E-state index contributed by atoms with van der Waals surface area (Å²) in [6.45, 7) is 9.14. The quantitative estimate of drug-likeness (QED) is 0.840. The molecule has 0 aromatic heterocycles. The Hall–Kier alpha value is -1.55. The van der Waals surface area contributed by atoms with Gasteiger partial charge < -0.3 is 10.6 Å². The summed E-state index contributed by atoms with van der Waals surface area (Å²) in [7, 11) is 0. The van der Waals surface area contributed by atoms with Crippen molar-refractivity contribution in [3.63, 3.8) is 0 Å². The van der Waals surface area contributed by atoms with Gasteiger partial charge in [0.1, 0.15) is 5.41 Å². The Balaban J connectivity index is 2.70. The molecule has 0 aliphatic rings. The van der Waals surface area contributed by atoms with Crippen LogP contribution in [-0.4, -0.2) is 17.4 Å². The maximum Gasteiger partial charge on any atom is 0.235 e. The van der Waals surface area contributed by atoms with Gasteiger partial charge in [-0.2, -0.15) is 0 Å². The van der Waals surface area contributed by atoms with Crippen molar-refractivity contribution in [2.75, 3.05) is 0 Å². The van der Waals surface area contributed by atoms with Crippen LogP contribution >= 0.6 is 11.6 Å². The highest BCUT2D eigenvalue weighted by Gasteiger charge is 2.37. The predicted molar refractivity (Wildman–Crippen MR) is 85.0 cm³/mol. The van der Waals surface area contributed by atoms with E-state index < -0.39 is 5.41 Å². The summed E-state index contributed by atoms with van der Waals surface area (Å²) in [5.74, 6) is -0.629. The molecule has 1 aromatic carbocycles. The molecule has 2 N–H and O–H groups in total. The second kappa shape index (κ2) is 6.48. The Morgan fingerprint density at radius 2 is 1.62 bits per heavy atom. The normalized spacial score (nSPS) is 11.9. The van der Waals surface area contributed by atoms with E-state index in [1.807, 2.05) is 39.0 Å². The summed E-state index contributed by atoms with van der Waals surface area (Å²) in [5.41, 5.74) is -0.703. The van der Waals surface area contributed by atoms with Crippen LogP contribution in [0.2, 0.25) is 5.02 Å². The van der Waals surface area contributed by atoms with E-state index in [1.54, 1.807) is 19.9 Å². The second-order valence-electron chi connectivity index (χ2n) is 6.60. The molecule has 5 heteroatoms. The van der Waals surface area contributed by atoms with Crippen molar-refractivity contribution in [2.45, 2.75) is 46.7 Å². The van der Waals surface area contributed by atoms with E-state index in [0.29, 0.717) is 11.6 Å². The molecule has 116 valence electrons. The molecule has 2 amide bonds. The minimum absolute atomic E-state index is 0.296. The van der Waals surface area contributed by atoms with Gasteiger partial charge in [0, 0.05) is 17.1 Å². The zero-order valence-electron chi connectivity index (χ0n) is 13.2. The van der Waals surface area contributed by atoms with Gasteiger partial charge in [-0.1, -0.05) is 29.8 Å². The van der Waals surface area contributed by atoms with Gasteiger partial charge in [0.2, 0.25) is 11.8 Å². The van der Waals surface area contributed by atoms with Gasteiger partial charge in [-0.15, -0.1) is 0 Å². The predicted octanol–water partition coefficient (Wildman–Crippen LogP) is 2.90. The first-order valence-electron chi connectivity index (χ1n) is 6.88. The molecule has 0 saturated carbocycles. The number of halogens is 1. The summed E-state index contributed by atoms with van der Waals surface area (Å²) in [6.07, 6.45) is 0. The van der Waals surface area contributed by atoms with Gasteiger partial charge in [-0.25, -0.2) is 0 Å². The number of hydrogen-bond acceptors (Lipinski definition) is 2. The number of benzene rings is 1. The van der Waals surface area contributed by atoms with E-state index in [9.17, 15) is 9.59 Å². The number of hydrogen-bond donors (Lipinski definition) is 2. The monoisotopic (exact) mass is 310 g/mol. The zero-order chi connectivity index (χ0) is 16.3. The maximum atomic E-state index is 12.3. The molecule has 1 aromatic rings. The lowest BCUT2D eigenvalue weighted by Gasteiger charge is -2.28. The van der Waals surface area contributed by atoms with Gasteiger partial charge in [0.25, 0.3) is 0 Å². The molecule has 0 heterocycles. The molecular weight excluding hydrogens is 288 g/mol. The standard InChI is InChI=1S/C16H23ClN2O2/c1-15(2,3)19-14(21)16(4,5)13(20)18-10-11-8-6-7-9-12(11)17/h6-9H,10H2,1-5H3,(H,18,20)(H,19,21). The molecule has 4 nitrogen and oxygen atoms in total. The van der Waals surface area contributed by atoms with Crippen molar-refractivity contribution in [3.05, 3.63) is 34.9 Å². The van der Waals surface area contributed by atoms with Crippen LogP contribution in [0.15, 0.2) is 24.3 Å². The van der Waals surface area contributed by atoms with Crippen LogP contribution in [-0.2, 0) is 16.1 Å². The average molecular weight is 311 g/mol. The molecular formula is C16H23ClN2O2. The van der Waals surface area contributed by atoms with Crippen LogP contribution in [0.1, 0.15) is 40.2 Å². The van der Waals surface area contributed by atoms with E-state index in [2.05, 4.69) is 10.6 Å². The fourth-order valence-corrected chi connectivity index (χ4v) is 1.84. The van der Waals surface area contributed by atoms with Crippen molar-refractivity contribution < 1.29 is 9.59 Å². The van der Waals surface area contributed by atoms with Crippen molar-refractivity contribution >= 4 is 23.4 Å². The first-order chi connectivity index (χ1) is 9.54. The van der Waals surface area contributed by atoms with Crippen molar-refractivity contribution in [1.82, 2.24) is 10.6 Å². The van der Waals surface area contributed by atoms with Crippen molar-refractivity contribution in [2.24, 2.45) is 5.41 Å². The summed E-state index contributed by atoms with van der Waals surface area (Å²) in [5, 5.41) is 6.18. The highest BCUT2D eigenvalue weighted by atomic mass is 35.5. The van der Waals surface area contributed by atoms with E-state index in [1.165, 1.54) is 0 Å². The lowest BCUT2D eigenvalue weighted by Crippen LogP contribution is -2.52. The Bertz CT molecular complexity index is 533. The van der Waals surface area contributed by atoms with Crippen LogP contribution in [0.25, 0.3) is 0 Å². The molecule has 0 aliphatic carbocycles. The molecule has 0 fully saturated rings. The van der Waals surface area contributed by atoms with E-state index in [-0.39, 0.29) is 17.4 Å². The summed E-state index contributed by atoms with van der Waals surface area (Å²) >= 11 is 6.04. The molecule has 21 heavy (non-hydrogen) atoms. The van der Waals surface area contributed by atoms with Gasteiger partial charge >= 0.3 is 0 Å². The maximum absolute atomic E-state index is 12.3. The molecule has 0 bridgehead atoms. The fraction of sp³-hybridized carbons (Fsp3) is 0.500. The van der Waals surface area contributed by atoms with Gasteiger partial charge in [0.15, 0.2) is 0 Å². The lowest BCUT2D eigenvalue weighted by atomic mass is 9.89. The zero-order valence-corrected chi connectivity index (χ0v) is 14.0. The van der Waals surface area contributed by atoms with Gasteiger partial charge in [0.05, 0.1) is 0 Å². The lowest BCUT2D eigenvalue weighted by molar-refractivity contribution is -0.142. The van der Waals surface area contributed by atoms with Crippen LogP contribution in [0.5, 0.6) is 0 Å². The Kier molecular flexibility index (Phi) is 5.40.